The second-order valence-corrected chi connectivity index (χ2v) is 3.79. The highest BCUT2D eigenvalue weighted by Gasteiger charge is 2.09. The van der Waals surface area contributed by atoms with E-state index in [9.17, 15) is 9.59 Å². The van der Waals surface area contributed by atoms with Crippen molar-refractivity contribution in [3.05, 3.63) is 57.8 Å². The van der Waals surface area contributed by atoms with Crippen LogP contribution in [0.2, 0.25) is 0 Å². The van der Waals surface area contributed by atoms with Gasteiger partial charge in [-0.2, -0.15) is 0 Å². The Labute approximate surface area is 97.9 Å². The van der Waals surface area contributed by atoms with Gasteiger partial charge in [-0.15, -0.1) is 0 Å². The Balaban J connectivity index is 2.07. The van der Waals surface area contributed by atoms with Gasteiger partial charge in [0, 0.05) is 24.6 Å². The van der Waals surface area contributed by atoms with Crippen molar-refractivity contribution in [1.82, 2.24) is 15.3 Å². The minimum atomic E-state index is -0.368. The lowest BCUT2D eigenvalue weighted by molar-refractivity contribution is 0.0949. The minimum absolute atomic E-state index is 0.131. The average molecular weight is 231 g/mol. The second kappa shape index (κ2) is 4.69. The van der Waals surface area contributed by atoms with Gasteiger partial charge in [-0.25, -0.2) is 0 Å². The van der Waals surface area contributed by atoms with Crippen molar-refractivity contribution in [2.45, 2.75) is 13.5 Å². The highest BCUT2D eigenvalue weighted by Crippen LogP contribution is 1.97. The van der Waals surface area contributed by atoms with Gasteiger partial charge in [0.1, 0.15) is 5.56 Å². The number of carbonyl (C=O) groups is 1. The smallest absolute Gasteiger partial charge is 0.260 e. The fourth-order valence-electron chi connectivity index (χ4n) is 1.50. The van der Waals surface area contributed by atoms with Crippen LogP contribution in [0.25, 0.3) is 0 Å². The number of aryl methyl sites for hydroxylation is 1. The molecule has 0 radical (unpaired) electrons. The van der Waals surface area contributed by atoms with Crippen LogP contribution in [0.5, 0.6) is 0 Å². The maximum atomic E-state index is 11.7. The summed E-state index contributed by atoms with van der Waals surface area (Å²) in [6, 6.07) is 5.09. The molecule has 0 spiro atoms. The summed E-state index contributed by atoms with van der Waals surface area (Å²) in [5.41, 5.74) is 1.46. The number of pyridine rings is 1. The monoisotopic (exact) mass is 231 g/mol. The molecule has 0 aliphatic rings. The van der Waals surface area contributed by atoms with Gasteiger partial charge in [0.05, 0.1) is 0 Å². The van der Waals surface area contributed by atoms with Gasteiger partial charge < -0.3 is 15.3 Å². The van der Waals surface area contributed by atoms with Gasteiger partial charge in [0.2, 0.25) is 0 Å². The number of rotatable bonds is 3. The van der Waals surface area contributed by atoms with Crippen LogP contribution in [0.15, 0.2) is 35.4 Å². The Morgan fingerprint density at radius 2 is 2.18 bits per heavy atom. The van der Waals surface area contributed by atoms with Crippen LogP contribution in [0.1, 0.15) is 21.6 Å². The summed E-state index contributed by atoms with van der Waals surface area (Å²) in [6.45, 7) is 2.17. The molecule has 5 nitrogen and oxygen atoms in total. The van der Waals surface area contributed by atoms with E-state index in [1.54, 1.807) is 25.4 Å². The van der Waals surface area contributed by atoms with Crippen LogP contribution in [0, 0.1) is 6.92 Å². The quantitative estimate of drug-likeness (QED) is 0.735. The summed E-state index contributed by atoms with van der Waals surface area (Å²) in [5.74, 6) is -0.368. The number of H-pyrrole nitrogens is 2. The van der Waals surface area contributed by atoms with E-state index in [-0.39, 0.29) is 17.0 Å². The predicted octanol–water partition coefficient (Wildman–Crippen LogP) is 0.941. The van der Waals surface area contributed by atoms with Gasteiger partial charge in [-0.1, -0.05) is 0 Å². The highest BCUT2D eigenvalue weighted by atomic mass is 16.2. The molecule has 5 heteroatoms. The molecule has 2 rings (SSSR count). The van der Waals surface area contributed by atoms with Gasteiger partial charge in [-0.3, -0.25) is 9.59 Å². The number of carbonyl (C=O) groups excluding carboxylic acids is 1. The number of hydrogen-bond donors (Lipinski definition) is 3. The van der Waals surface area contributed by atoms with Crippen molar-refractivity contribution in [1.29, 1.82) is 0 Å². The van der Waals surface area contributed by atoms with Crippen molar-refractivity contribution in [3.63, 3.8) is 0 Å². The van der Waals surface area contributed by atoms with Crippen LogP contribution >= 0.6 is 0 Å². The largest absolute Gasteiger partial charge is 0.367 e. The van der Waals surface area contributed by atoms with Gasteiger partial charge in [0.15, 0.2) is 0 Å². The zero-order chi connectivity index (χ0) is 12.3. The van der Waals surface area contributed by atoms with Crippen LogP contribution in [-0.4, -0.2) is 15.9 Å². The Bertz CT molecular complexity index is 570. The molecule has 0 saturated carbocycles. The molecular weight excluding hydrogens is 218 g/mol. The lowest BCUT2D eigenvalue weighted by atomic mass is 10.2. The number of aromatic amines is 2. The van der Waals surface area contributed by atoms with Crippen LogP contribution < -0.4 is 10.9 Å². The molecule has 0 aliphatic carbocycles. The lowest BCUT2D eigenvalue weighted by Gasteiger charge is -2.03. The number of amides is 1. The average Bonchev–Trinajstić information content (AvgIpc) is 2.78. The SMILES string of the molecule is Cc1ccc(C(=O)NCc2cc[nH]c2)c(=O)[nH]1. The first-order chi connectivity index (χ1) is 8.16. The molecule has 0 unspecified atom stereocenters. The number of aromatic nitrogens is 2. The van der Waals surface area contributed by atoms with E-state index in [1.807, 2.05) is 6.07 Å². The Kier molecular flexibility index (Phi) is 3.09. The molecule has 0 fully saturated rings. The summed E-state index contributed by atoms with van der Waals surface area (Å²) in [7, 11) is 0. The fraction of sp³-hybridized carbons (Fsp3) is 0.167. The van der Waals surface area contributed by atoms with Crippen molar-refractivity contribution in [2.75, 3.05) is 0 Å². The Morgan fingerprint density at radius 3 is 2.82 bits per heavy atom. The molecule has 0 aliphatic heterocycles. The number of hydrogen-bond acceptors (Lipinski definition) is 2. The van der Waals surface area contributed by atoms with Gasteiger partial charge >= 0.3 is 0 Å². The molecular formula is C12H13N3O2. The second-order valence-electron chi connectivity index (χ2n) is 3.79. The molecule has 2 aromatic rings. The molecule has 2 aromatic heterocycles. The lowest BCUT2D eigenvalue weighted by Crippen LogP contribution is -2.29. The Morgan fingerprint density at radius 1 is 1.35 bits per heavy atom. The summed E-state index contributed by atoms with van der Waals surface area (Å²) in [5, 5.41) is 2.68. The molecule has 0 saturated heterocycles. The van der Waals surface area contributed by atoms with Gasteiger partial charge in [0.25, 0.3) is 11.5 Å². The summed E-state index contributed by atoms with van der Waals surface area (Å²) in [4.78, 5) is 28.7. The maximum Gasteiger partial charge on any atom is 0.260 e. The highest BCUT2D eigenvalue weighted by molar-refractivity contribution is 5.93. The van der Waals surface area contributed by atoms with Crippen LogP contribution in [0.4, 0.5) is 0 Å². The summed E-state index contributed by atoms with van der Waals surface area (Å²) >= 11 is 0. The zero-order valence-electron chi connectivity index (χ0n) is 9.41. The normalized spacial score (nSPS) is 10.2. The first-order valence-corrected chi connectivity index (χ1v) is 5.26. The van der Waals surface area contributed by atoms with E-state index < -0.39 is 0 Å². The summed E-state index contributed by atoms with van der Waals surface area (Å²) < 4.78 is 0. The molecule has 0 bridgehead atoms. The number of nitrogens with one attached hydrogen (secondary N) is 3. The van der Waals surface area contributed by atoms with Crippen molar-refractivity contribution in [2.24, 2.45) is 0 Å². The van der Waals surface area contributed by atoms with E-state index in [4.69, 9.17) is 0 Å². The zero-order valence-corrected chi connectivity index (χ0v) is 9.41. The van der Waals surface area contributed by atoms with Crippen molar-refractivity contribution in [3.8, 4) is 0 Å². The first kappa shape index (κ1) is 11.2. The third-order valence-corrected chi connectivity index (χ3v) is 2.42. The topological polar surface area (TPSA) is 77.8 Å². The van der Waals surface area contributed by atoms with Crippen molar-refractivity contribution >= 4 is 5.91 Å². The van der Waals surface area contributed by atoms with Gasteiger partial charge in [-0.05, 0) is 30.7 Å². The minimum Gasteiger partial charge on any atom is -0.367 e. The third kappa shape index (κ3) is 2.63. The molecule has 2 heterocycles. The molecule has 88 valence electrons. The maximum absolute atomic E-state index is 11.7. The molecule has 1 amide bonds. The molecule has 0 aromatic carbocycles. The fourth-order valence-corrected chi connectivity index (χ4v) is 1.50. The summed E-state index contributed by atoms with van der Waals surface area (Å²) in [6.07, 6.45) is 3.57. The van der Waals surface area contributed by atoms with E-state index >= 15 is 0 Å². The first-order valence-electron chi connectivity index (χ1n) is 5.26. The van der Waals surface area contributed by atoms with E-state index in [2.05, 4.69) is 15.3 Å². The van der Waals surface area contributed by atoms with E-state index in [0.717, 1.165) is 11.3 Å². The third-order valence-electron chi connectivity index (χ3n) is 2.42. The Hall–Kier alpha value is -2.30. The molecule has 0 atom stereocenters. The van der Waals surface area contributed by atoms with Crippen molar-refractivity contribution < 1.29 is 4.79 Å². The standard InChI is InChI=1S/C12H13N3O2/c1-8-2-3-10(12(17)15-8)11(16)14-7-9-4-5-13-6-9/h2-6,13H,7H2,1H3,(H,14,16)(H,15,17). The van der Waals surface area contributed by atoms with E-state index in [1.165, 1.54) is 6.07 Å². The van der Waals surface area contributed by atoms with Crippen LogP contribution in [0.3, 0.4) is 0 Å². The molecule has 17 heavy (non-hydrogen) atoms. The van der Waals surface area contributed by atoms with E-state index in [0.29, 0.717) is 6.54 Å². The molecule has 3 N–H and O–H groups in total. The van der Waals surface area contributed by atoms with Crippen LogP contribution in [-0.2, 0) is 6.54 Å². The predicted molar refractivity (Wildman–Crippen MR) is 63.8 cm³/mol.